The number of allylic oxidation sites excluding steroid dienone is 12. The molecule has 0 saturated heterocycles. The van der Waals surface area contributed by atoms with Crippen LogP contribution in [0, 0.1) is 11.3 Å². The fourth-order valence-corrected chi connectivity index (χ4v) is 9.67. The number of nitrogens with one attached hydrogen (secondary N) is 1. The highest BCUT2D eigenvalue weighted by Crippen LogP contribution is 2.64. The Morgan fingerprint density at radius 3 is 2.52 bits per heavy atom. The first-order chi connectivity index (χ1) is 20.7. The number of benzene rings is 3. The number of rotatable bonds is 5. The van der Waals surface area contributed by atoms with Gasteiger partial charge in [-0.05, 0) is 88.6 Å². The fourth-order valence-electron chi connectivity index (χ4n) is 8.21. The maximum atomic E-state index is 8.94. The van der Waals surface area contributed by atoms with Gasteiger partial charge < -0.3 is 0 Å². The summed E-state index contributed by atoms with van der Waals surface area (Å²) in [6.07, 6.45) is 26.5. The van der Waals surface area contributed by atoms with E-state index in [2.05, 4.69) is 98.0 Å². The number of hydrogen-bond donors (Lipinski definition) is 1. The zero-order valence-corrected chi connectivity index (χ0v) is 24.9. The van der Waals surface area contributed by atoms with Gasteiger partial charge in [-0.1, -0.05) is 134 Å². The van der Waals surface area contributed by atoms with Gasteiger partial charge in [-0.2, -0.15) is 0 Å². The summed E-state index contributed by atoms with van der Waals surface area (Å²) in [4.78, 5) is 2.94. The monoisotopic (exact) mass is 561 g/mol. The molecular formula is C40H35NS. The minimum Gasteiger partial charge on any atom is -0.300 e. The van der Waals surface area contributed by atoms with Gasteiger partial charge in [0, 0.05) is 15.2 Å². The van der Waals surface area contributed by atoms with E-state index in [0.29, 0.717) is 5.71 Å². The third kappa shape index (κ3) is 3.54. The Balaban J connectivity index is 1.32. The van der Waals surface area contributed by atoms with Crippen LogP contribution in [0.15, 0.2) is 142 Å². The predicted molar refractivity (Wildman–Crippen MR) is 177 cm³/mol. The minimum absolute atomic E-state index is 0.0846. The maximum Gasteiger partial charge on any atom is 0.0681 e. The van der Waals surface area contributed by atoms with Crippen molar-refractivity contribution in [2.24, 2.45) is 5.92 Å². The standard InChI is InChI=1S/C40H35NS/c1-2-39-24-12-11-19-37(39)42-36-25-32-31-17-9-10-18-33(31)40(34(32)26-35(36)39,29-15-7-4-8-16-29)30-22-20-28(21-23-30)38(41)27-13-5-3-6-14-27/h3,5-7,9-22,25-26,30,41H,2,4,8,23-24H2,1H3. The van der Waals surface area contributed by atoms with E-state index >= 15 is 0 Å². The highest BCUT2D eigenvalue weighted by Gasteiger charge is 2.52. The van der Waals surface area contributed by atoms with Crippen molar-refractivity contribution in [2.75, 3.05) is 0 Å². The molecular weight excluding hydrogens is 527 g/mol. The molecule has 5 aliphatic rings. The number of hydrogen-bond acceptors (Lipinski definition) is 2. The van der Waals surface area contributed by atoms with Crippen molar-refractivity contribution in [3.63, 3.8) is 0 Å². The van der Waals surface area contributed by atoms with Gasteiger partial charge in [0.25, 0.3) is 0 Å². The molecule has 2 heteroatoms. The molecule has 42 heavy (non-hydrogen) atoms. The van der Waals surface area contributed by atoms with E-state index in [1.807, 2.05) is 42.1 Å². The van der Waals surface area contributed by atoms with E-state index in [-0.39, 0.29) is 16.7 Å². The minimum atomic E-state index is -0.262. The van der Waals surface area contributed by atoms with Crippen molar-refractivity contribution in [1.82, 2.24) is 0 Å². The average Bonchev–Trinajstić information content (AvgIpc) is 3.55. The summed E-state index contributed by atoms with van der Waals surface area (Å²) in [6, 6.07) is 24.5. The lowest BCUT2D eigenvalue weighted by atomic mass is 9.60. The first-order valence-corrected chi connectivity index (χ1v) is 16.2. The Morgan fingerprint density at radius 1 is 0.881 bits per heavy atom. The summed E-state index contributed by atoms with van der Waals surface area (Å²) in [5.41, 5.74) is 11.0. The molecule has 0 saturated carbocycles. The Labute approximate surface area is 253 Å². The summed E-state index contributed by atoms with van der Waals surface area (Å²) in [6.45, 7) is 2.36. The van der Waals surface area contributed by atoms with Gasteiger partial charge in [0.2, 0.25) is 0 Å². The molecule has 1 N–H and O–H groups in total. The Morgan fingerprint density at radius 2 is 1.74 bits per heavy atom. The summed E-state index contributed by atoms with van der Waals surface area (Å²) >= 11 is 1.99. The van der Waals surface area contributed by atoms with Gasteiger partial charge in [0.05, 0.1) is 11.1 Å². The van der Waals surface area contributed by atoms with Crippen LogP contribution in [0.4, 0.5) is 0 Å². The second kappa shape index (κ2) is 9.85. The zero-order valence-electron chi connectivity index (χ0n) is 24.1. The van der Waals surface area contributed by atoms with Gasteiger partial charge in [0.15, 0.2) is 0 Å². The molecule has 206 valence electrons. The quantitative estimate of drug-likeness (QED) is 0.308. The Hall–Kier alpha value is -3.88. The van der Waals surface area contributed by atoms with Crippen LogP contribution in [0.1, 0.15) is 61.3 Å². The molecule has 8 rings (SSSR count). The van der Waals surface area contributed by atoms with E-state index in [9.17, 15) is 0 Å². The molecule has 3 aromatic rings. The molecule has 3 atom stereocenters. The zero-order chi connectivity index (χ0) is 28.3. The smallest absolute Gasteiger partial charge is 0.0681 e. The van der Waals surface area contributed by atoms with E-state index in [4.69, 9.17) is 5.41 Å². The molecule has 4 aliphatic carbocycles. The summed E-state index contributed by atoms with van der Waals surface area (Å²) < 4.78 is 0. The third-order valence-corrected chi connectivity index (χ3v) is 11.6. The number of fused-ring (bicyclic) bond motifs is 6. The van der Waals surface area contributed by atoms with Crippen molar-refractivity contribution in [3.05, 3.63) is 160 Å². The predicted octanol–water partition coefficient (Wildman–Crippen LogP) is 10.4. The van der Waals surface area contributed by atoms with Crippen LogP contribution in [-0.4, -0.2) is 5.71 Å². The van der Waals surface area contributed by atoms with Crippen LogP contribution in [0.3, 0.4) is 0 Å². The van der Waals surface area contributed by atoms with Crippen LogP contribution >= 0.6 is 11.8 Å². The lowest BCUT2D eigenvalue weighted by Crippen LogP contribution is -2.37. The molecule has 0 aromatic heterocycles. The molecule has 1 nitrogen and oxygen atoms in total. The van der Waals surface area contributed by atoms with Crippen LogP contribution < -0.4 is 0 Å². The normalized spacial score (nSPS) is 26.5. The third-order valence-electron chi connectivity index (χ3n) is 10.3. The molecule has 3 unspecified atom stereocenters. The average molecular weight is 562 g/mol. The molecule has 0 spiro atoms. The van der Waals surface area contributed by atoms with Gasteiger partial charge in [-0.3, -0.25) is 5.41 Å². The summed E-state index contributed by atoms with van der Waals surface area (Å²) in [5, 5.41) is 8.94. The number of thioether (sulfide) groups is 1. The van der Waals surface area contributed by atoms with Crippen molar-refractivity contribution in [1.29, 1.82) is 5.41 Å². The van der Waals surface area contributed by atoms with Gasteiger partial charge in [-0.25, -0.2) is 0 Å². The van der Waals surface area contributed by atoms with E-state index in [1.54, 1.807) is 0 Å². The van der Waals surface area contributed by atoms with Crippen LogP contribution in [0.5, 0.6) is 0 Å². The second-order valence-electron chi connectivity index (χ2n) is 12.2. The topological polar surface area (TPSA) is 23.9 Å². The van der Waals surface area contributed by atoms with E-state index in [0.717, 1.165) is 43.2 Å². The second-order valence-corrected chi connectivity index (χ2v) is 13.3. The molecule has 0 amide bonds. The summed E-state index contributed by atoms with van der Waals surface area (Å²) in [5.74, 6) is 0.257. The molecule has 0 radical (unpaired) electrons. The van der Waals surface area contributed by atoms with Crippen molar-refractivity contribution in [2.45, 2.75) is 54.8 Å². The maximum absolute atomic E-state index is 8.94. The van der Waals surface area contributed by atoms with Crippen LogP contribution in [-0.2, 0) is 10.8 Å². The SMILES string of the molecule is CCC12CC=CC=C1Sc1cc3c(cc12)C(C1=CCCC=C1)(C1C=CC(C(=N)c2ccccc2)=CC1)c1ccccc1-3. The fraction of sp³-hybridized carbons (Fsp3) is 0.225. The van der Waals surface area contributed by atoms with Gasteiger partial charge in [0.1, 0.15) is 0 Å². The van der Waals surface area contributed by atoms with Crippen LogP contribution in [0.25, 0.3) is 11.1 Å². The molecule has 1 aliphatic heterocycles. The first kappa shape index (κ1) is 25.8. The van der Waals surface area contributed by atoms with Crippen LogP contribution in [0.2, 0.25) is 0 Å². The van der Waals surface area contributed by atoms with E-state index < -0.39 is 0 Å². The van der Waals surface area contributed by atoms with Gasteiger partial charge in [-0.15, -0.1) is 0 Å². The molecule has 1 heterocycles. The van der Waals surface area contributed by atoms with Gasteiger partial charge >= 0.3 is 0 Å². The van der Waals surface area contributed by atoms with Crippen molar-refractivity contribution >= 4 is 17.5 Å². The van der Waals surface area contributed by atoms with E-state index in [1.165, 1.54) is 43.2 Å². The van der Waals surface area contributed by atoms with Crippen molar-refractivity contribution in [3.8, 4) is 11.1 Å². The molecule has 3 aromatic carbocycles. The lowest BCUT2D eigenvalue weighted by Gasteiger charge is -2.42. The lowest BCUT2D eigenvalue weighted by molar-refractivity contribution is 0.450. The first-order valence-electron chi connectivity index (χ1n) is 15.4. The highest BCUT2D eigenvalue weighted by atomic mass is 32.2. The van der Waals surface area contributed by atoms with Crippen molar-refractivity contribution < 1.29 is 0 Å². The largest absolute Gasteiger partial charge is 0.300 e. The molecule has 0 fully saturated rings. The highest BCUT2D eigenvalue weighted by molar-refractivity contribution is 8.03. The Kier molecular flexibility index (Phi) is 6.05. The molecule has 0 bridgehead atoms. The summed E-state index contributed by atoms with van der Waals surface area (Å²) in [7, 11) is 0. The Bertz CT molecular complexity index is 1810.